The molecule has 0 aliphatic heterocycles. The lowest BCUT2D eigenvalue weighted by Gasteiger charge is -2.11. The highest BCUT2D eigenvalue weighted by molar-refractivity contribution is 7.11. The van der Waals surface area contributed by atoms with Crippen molar-refractivity contribution >= 4 is 22.8 Å². The molecular weight excluding hydrogens is 290 g/mol. The van der Waals surface area contributed by atoms with E-state index in [1.807, 2.05) is 19.9 Å². The number of hydrogen-bond acceptors (Lipinski definition) is 7. The van der Waals surface area contributed by atoms with Gasteiger partial charge in [-0.3, -0.25) is 10.1 Å². The molecule has 2 heterocycles. The molecule has 2 aromatic heterocycles. The highest BCUT2D eigenvalue weighted by Crippen LogP contribution is 2.28. The van der Waals surface area contributed by atoms with Gasteiger partial charge in [0.2, 0.25) is 5.82 Å². The SMILES string of the molecule is CCc1cnc(C(C)Nc2ncc(C#N)cc2[N+](=O)[O-])s1. The van der Waals surface area contributed by atoms with E-state index in [9.17, 15) is 10.1 Å². The van der Waals surface area contributed by atoms with Crippen LogP contribution in [0.15, 0.2) is 18.5 Å². The van der Waals surface area contributed by atoms with Crippen molar-refractivity contribution in [3.8, 4) is 6.07 Å². The molecule has 0 amide bonds. The summed E-state index contributed by atoms with van der Waals surface area (Å²) in [6.45, 7) is 3.91. The number of thiazole rings is 1. The van der Waals surface area contributed by atoms with Crippen molar-refractivity contribution in [1.29, 1.82) is 5.26 Å². The van der Waals surface area contributed by atoms with Gasteiger partial charge >= 0.3 is 5.69 Å². The van der Waals surface area contributed by atoms with Crippen molar-refractivity contribution < 1.29 is 4.92 Å². The second-order valence-corrected chi connectivity index (χ2v) is 5.49. The van der Waals surface area contributed by atoms with Gasteiger partial charge < -0.3 is 5.32 Å². The Morgan fingerprint density at radius 2 is 2.29 bits per heavy atom. The summed E-state index contributed by atoms with van der Waals surface area (Å²) in [5.41, 5.74) is -0.0596. The minimum Gasteiger partial charge on any atom is -0.355 e. The third-order valence-electron chi connectivity index (χ3n) is 2.84. The number of aromatic nitrogens is 2. The lowest BCUT2D eigenvalue weighted by Crippen LogP contribution is -2.09. The molecule has 1 atom stereocenters. The molecule has 21 heavy (non-hydrogen) atoms. The summed E-state index contributed by atoms with van der Waals surface area (Å²) < 4.78 is 0. The van der Waals surface area contributed by atoms with E-state index in [-0.39, 0.29) is 23.1 Å². The van der Waals surface area contributed by atoms with Crippen molar-refractivity contribution in [1.82, 2.24) is 9.97 Å². The number of anilines is 1. The Labute approximate surface area is 125 Å². The van der Waals surface area contributed by atoms with Gasteiger partial charge in [0.25, 0.3) is 0 Å². The summed E-state index contributed by atoms with van der Waals surface area (Å²) in [7, 11) is 0. The highest BCUT2D eigenvalue weighted by Gasteiger charge is 2.20. The molecule has 0 aromatic carbocycles. The van der Waals surface area contributed by atoms with Crippen LogP contribution in [0.3, 0.4) is 0 Å². The molecule has 0 saturated heterocycles. The van der Waals surface area contributed by atoms with Gasteiger partial charge in [-0.2, -0.15) is 5.26 Å². The van der Waals surface area contributed by atoms with Gasteiger partial charge in [-0.1, -0.05) is 6.92 Å². The fourth-order valence-corrected chi connectivity index (χ4v) is 2.58. The largest absolute Gasteiger partial charge is 0.355 e. The van der Waals surface area contributed by atoms with Crippen molar-refractivity contribution in [3.05, 3.63) is 44.0 Å². The van der Waals surface area contributed by atoms with Gasteiger partial charge in [-0.05, 0) is 13.3 Å². The summed E-state index contributed by atoms with van der Waals surface area (Å²) in [5.74, 6) is 0.139. The Balaban J connectivity index is 2.26. The minimum atomic E-state index is -0.553. The molecule has 0 bridgehead atoms. The standard InChI is InChI=1S/C13H13N5O2S/c1-3-10-7-16-13(21-10)8(2)17-12-11(18(19)20)4-9(5-14)6-15-12/h4,6-8H,3H2,1-2H3,(H,15,17). The van der Waals surface area contributed by atoms with Crippen LogP contribution < -0.4 is 5.32 Å². The molecule has 2 aromatic rings. The second kappa shape index (κ2) is 6.28. The molecule has 0 aliphatic carbocycles. The highest BCUT2D eigenvalue weighted by atomic mass is 32.1. The maximum atomic E-state index is 11.1. The number of nitro groups is 1. The van der Waals surface area contributed by atoms with E-state index in [2.05, 4.69) is 15.3 Å². The summed E-state index contributed by atoms with van der Waals surface area (Å²) >= 11 is 1.56. The number of hydrogen-bond donors (Lipinski definition) is 1. The third-order valence-corrected chi connectivity index (χ3v) is 4.16. The summed E-state index contributed by atoms with van der Waals surface area (Å²) in [5, 5.41) is 23.7. The van der Waals surface area contributed by atoms with Crippen LogP contribution in [0.4, 0.5) is 11.5 Å². The fourth-order valence-electron chi connectivity index (χ4n) is 1.72. The van der Waals surface area contributed by atoms with Crippen LogP contribution in [0.5, 0.6) is 0 Å². The van der Waals surface area contributed by atoms with Crippen LogP contribution in [0, 0.1) is 21.4 Å². The predicted octanol–water partition coefficient (Wildman–Crippen LogP) is 3.05. The van der Waals surface area contributed by atoms with Crippen molar-refractivity contribution in [2.75, 3.05) is 5.32 Å². The lowest BCUT2D eigenvalue weighted by atomic mass is 10.2. The van der Waals surface area contributed by atoms with Crippen LogP contribution in [0.25, 0.3) is 0 Å². The number of nitrogens with zero attached hydrogens (tertiary/aromatic N) is 4. The molecule has 1 unspecified atom stereocenters. The topological polar surface area (TPSA) is 105 Å². The number of pyridine rings is 1. The molecular formula is C13H13N5O2S. The first-order valence-corrected chi connectivity index (χ1v) is 7.12. The molecule has 7 nitrogen and oxygen atoms in total. The molecule has 0 spiro atoms. The Kier molecular flexibility index (Phi) is 4.45. The number of aryl methyl sites for hydroxylation is 1. The van der Waals surface area contributed by atoms with Crippen LogP contribution in [-0.2, 0) is 6.42 Å². The van der Waals surface area contributed by atoms with Gasteiger partial charge in [0.1, 0.15) is 11.1 Å². The van der Waals surface area contributed by atoms with Crippen molar-refractivity contribution in [2.45, 2.75) is 26.3 Å². The maximum Gasteiger partial charge on any atom is 0.312 e. The average Bonchev–Trinajstić information content (AvgIpc) is 2.96. The number of rotatable bonds is 5. The Bertz CT molecular complexity index is 707. The van der Waals surface area contributed by atoms with E-state index in [0.717, 1.165) is 16.3 Å². The molecule has 1 N–H and O–H groups in total. The van der Waals surface area contributed by atoms with Gasteiger partial charge in [0, 0.05) is 23.3 Å². The van der Waals surface area contributed by atoms with Gasteiger partial charge in [0.15, 0.2) is 0 Å². The summed E-state index contributed by atoms with van der Waals surface area (Å²) in [6.07, 6.45) is 4.01. The smallest absolute Gasteiger partial charge is 0.312 e. The van der Waals surface area contributed by atoms with Crippen LogP contribution in [-0.4, -0.2) is 14.9 Å². The van der Waals surface area contributed by atoms with E-state index >= 15 is 0 Å². The van der Waals surface area contributed by atoms with Crippen molar-refractivity contribution in [2.24, 2.45) is 0 Å². The molecule has 0 saturated carbocycles. The van der Waals surface area contributed by atoms with E-state index in [1.165, 1.54) is 12.3 Å². The molecule has 2 rings (SSSR count). The predicted molar refractivity (Wildman–Crippen MR) is 79.1 cm³/mol. The Morgan fingerprint density at radius 1 is 1.52 bits per heavy atom. The molecule has 0 radical (unpaired) electrons. The van der Waals surface area contributed by atoms with Gasteiger partial charge in [-0.15, -0.1) is 11.3 Å². The zero-order chi connectivity index (χ0) is 15.4. The first-order valence-electron chi connectivity index (χ1n) is 6.30. The lowest BCUT2D eigenvalue weighted by molar-refractivity contribution is -0.384. The van der Waals surface area contributed by atoms with Gasteiger partial charge in [-0.25, -0.2) is 9.97 Å². The normalized spacial score (nSPS) is 11.7. The number of nitriles is 1. The third kappa shape index (κ3) is 3.32. The van der Waals surface area contributed by atoms with Crippen molar-refractivity contribution in [3.63, 3.8) is 0 Å². The van der Waals surface area contributed by atoms with E-state index < -0.39 is 4.92 Å². The average molecular weight is 303 g/mol. The quantitative estimate of drug-likeness (QED) is 0.672. The zero-order valence-corrected chi connectivity index (χ0v) is 12.3. The maximum absolute atomic E-state index is 11.1. The summed E-state index contributed by atoms with van der Waals surface area (Å²) in [6, 6.07) is 2.85. The second-order valence-electron chi connectivity index (χ2n) is 4.35. The zero-order valence-electron chi connectivity index (χ0n) is 11.5. The summed E-state index contributed by atoms with van der Waals surface area (Å²) in [4.78, 5) is 19.9. The number of nitrogens with one attached hydrogen (secondary N) is 1. The van der Waals surface area contributed by atoms with Crippen LogP contribution in [0.2, 0.25) is 0 Å². The van der Waals surface area contributed by atoms with Crippen LogP contribution >= 0.6 is 11.3 Å². The van der Waals surface area contributed by atoms with Crippen LogP contribution in [0.1, 0.15) is 35.3 Å². The molecule has 8 heteroatoms. The molecule has 108 valence electrons. The monoisotopic (exact) mass is 303 g/mol. The van der Waals surface area contributed by atoms with E-state index in [4.69, 9.17) is 5.26 Å². The molecule has 0 aliphatic rings. The fraction of sp³-hybridized carbons (Fsp3) is 0.308. The first-order chi connectivity index (χ1) is 10.0. The first kappa shape index (κ1) is 14.9. The Hall–Kier alpha value is -2.53. The Morgan fingerprint density at radius 3 is 2.86 bits per heavy atom. The minimum absolute atomic E-state index is 0.139. The van der Waals surface area contributed by atoms with Gasteiger partial charge in [0.05, 0.1) is 16.5 Å². The molecule has 0 fully saturated rings. The van der Waals surface area contributed by atoms with E-state index in [0.29, 0.717) is 0 Å². The van der Waals surface area contributed by atoms with E-state index in [1.54, 1.807) is 17.5 Å².